The number of pyridine rings is 1. The number of aromatic nitrogens is 1. The Morgan fingerprint density at radius 2 is 2.16 bits per heavy atom. The molecule has 1 heterocycles. The van der Waals surface area contributed by atoms with E-state index in [9.17, 15) is 10.1 Å². The minimum absolute atomic E-state index is 0.00476. The van der Waals surface area contributed by atoms with Gasteiger partial charge in [-0.25, -0.2) is 4.98 Å². The molecule has 0 bridgehead atoms. The SMILES string of the molecule is CCC(c1ccc([N+](=O)[O-])c2ncccc12)C(C)N. The van der Waals surface area contributed by atoms with Gasteiger partial charge in [0.15, 0.2) is 0 Å². The smallest absolute Gasteiger partial charge is 0.295 e. The van der Waals surface area contributed by atoms with E-state index in [0.717, 1.165) is 17.4 Å². The molecule has 2 N–H and O–H groups in total. The van der Waals surface area contributed by atoms with Crippen LogP contribution in [0.1, 0.15) is 31.7 Å². The molecule has 5 nitrogen and oxygen atoms in total. The third-order valence-corrected chi connectivity index (χ3v) is 3.45. The van der Waals surface area contributed by atoms with Crippen LogP contribution in [0.3, 0.4) is 0 Å². The van der Waals surface area contributed by atoms with Crippen LogP contribution in [0.5, 0.6) is 0 Å². The number of hydrogen-bond donors (Lipinski definition) is 1. The fraction of sp³-hybridized carbons (Fsp3) is 0.357. The summed E-state index contributed by atoms with van der Waals surface area (Å²) in [6, 6.07) is 6.99. The van der Waals surface area contributed by atoms with E-state index in [0.29, 0.717) is 5.52 Å². The van der Waals surface area contributed by atoms with Crippen LogP contribution in [0, 0.1) is 10.1 Å². The Morgan fingerprint density at radius 3 is 2.74 bits per heavy atom. The lowest BCUT2D eigenvalue weighted by Gasteiger charge is -2.21. The van der Waals surface area contributed by atoms with Gasteiger partial charge in [0, 0.05) is 23.7 Å². The summed E-state index contributed by atoms with van der Waals surface area (Å²) in [5.74, 6) is 0.174. The molecule has 0 saturated heterocycles. The van der Waals surface area contributed by atoms with Gasteiger partial charge in [-0.15, -0.1) is 0 Å². The Labute approximate surface area is 111 Å². The highest BCUT2D eigenvalue weighted by Crippen LogP contribution is 2.33. The van der Waals surface area contributed by atoms with Crippen molar-refractivity contribution in [3.8, 4) is 0 Å². The highest BCUT2D eigenvalue weighted by molar-refractivity contribution is 5.90. The molecular formula is C14H17N3O2. The lowest BCUT2D eigenvalue weighted by Crippen LogP contribution is -2.24. The van der Waals surface area contributed by atoms with Crippen molar-refractivity contribution in [2.45, 2.75) is 32.2 Å². The van der Waals surface area contributed by atoms with Crippen LogP contribution in [0.2, 0.25) is 0 Å². The molecule has 2 aromatic rings. The molecule has 0 aliphatic heterocycles. The third-order valence-electron chi connectivity index (χ3n) is 3.45. The number of non-ortho nitro benzene ring substituents is 1. The van der Waals surface area contributed by atoms with Gasteiger partial charge in [0.05, 0.1) is 4.92 Å². The van der Waals surface area contributed by atoms with E-state index in [2.05, 4.69) is 11.9 Å². The van der Waals surface area contributed by atoms with E-state index >= 15 is 0 Å². The molecular weight excluding hydrogens is 242 g/mol. The van der Waals surface area contributed by atoms with Crippen molar-refractivity contribution in [1.82, 2.24) is 4.98 Å². The molecule has 0 amide bonds. The Hall–Kier alpha value is -2.01. The molecule has 0 saturated carbocycles. The molecule has 5 heteroatoms. The molecule has 2 atom stereocenters. The van der Waals surface area contributed by atoms with Crippen LogP contribution in [-0.4, -0.2) is 15.9 Å². The van der Waals surface area contributed by atoms with Crippen molar-refractivity contribution in [3.05, 3.63) is 46.1 Å². The van der Waals surface area contributed by atoms with E-state index < -0.39 is 4.92 Å². The Kier molecular flexibility index (Phi) is 3.76. The number of nitrogens with zero attached hydrogens (tertiary/aromatic N) is 2. The first-order valence-electron chi connectivity index (χ1n) is 6.33. The van der Waals surface area contributed by atoms with Crippen LogP contribution in [0.4, 0.5) is 5.69 Å². The zero-order chi connectivity index (χ0) is 14.0. The van der Waals surface area contributed by atoms with Crippen molar-refractivity contribution >= 4 is 16.6 Å². The molecule has 100 valence electrons. The predicted molar refractivity (Wildman–Crippen MR) is 75.1 cm³/mol. The standard InChI is InChI=1S/C14H17N3O2/c1-3-10(9(2)15)11-6-7-13(17(18)19)14-12(11)5-4-8-16-14/h4-10H,3,15H2,1-2H3. The number of benzene rings is 1. The first-order valence-corrected chi connectivity index (χ1v) is 6.33. The summed E-state index contributed by atoms with van der Waals surface area (Å²) >= 11 is 0. The van der Waals surface area contributed by atoms with Crippen LogP contribution in [0.15, 0.2) is 30.5 Å². The average Bonchev–Trinajstić information content (AvgIpc) is 2.39. The van der Waals surface area contributed by atoms with Crippen molar-refractivity contribution in [2.24, 2.45) is 5.73 Å². The average molecular weight is 259 g/mol. The highest BCUT2D eigenvalue weighted by atomic mass is 16.6. The number of rotatable bonds is 4. The van der Waals surface area contributed by atoms with Crippen LogP contribution < -0.4 is 5.73 Å². The van der Waals surface area contributed by atoms with Crippen molar-refractivity contribution in [2.75, 3.05) is 0 Å². The fourth-order valence-electron chi connectivity index (χ4n) is 2.53. The van der Waals surface area contributed by atoms with Gasteiger partial charge in [0.1, 0.15) is 5.52 Å². The van der Waals surface area contributed by atoms with E-state index in [1.54, 1.807) is 18.3 Å². The topological polar surface area (TPSA) is 82.0 Å². The molecule has 0 fully saturated rings. The van der Waals surface area contributed by atoms with Crippen molar-refractivity contribution in [3.63, 3.8) is 0 Å². The molecule has 2 rings (SSSR count). The lowest BCUT2D eigenvalue weighted by molar-refractivity contribution is -0.383. The minimum atomic E-state index is -0.397. The summed E-state index contributed by atoms with van der Waals surface area (Å²) in [5, 5.41) is 11.9. The zero-order valence-corrected chi connectivity index (χ0v) is 11.0. The van der Waals surface area contributed by atoms with Crippen molar-refractivity contribution in [1.29, 1.82) is 0 Å². The highest BCUT2D eigenvalue weighted by Gasteiger charge is 2.21. The summed E-state index contributed by atoms with van der Waals surface area (Å²) in [6.45, 7) is 4.02. The molecule has 2 unspecified atom stereocenters. The van der Waals surface area contributed by atoms with Gasteiger partial charge in [-0.1, -0.05) is 19.1 Å². The maximum atomic E-state index is 11.0. The van der Waals surface area contributed by atoms with Crippen LogP contribution >= 0.6 is 0 Å². The van der Waals surface area contributed by atoms with E-state index in [4.69, 9.17) is 5.73 Å². The Morgan fingerprint density at radius 1 is 1.42 bits per heavy atom. The maximum absolute atomic E-state index is 11.0. The van der Waals surface area contributed by atoms with Gasteiger partial charge in [0.25, 0.3) is 5.69 Å². The minimum Gasteiger partial charge on any atom is -0.327 e. The largest absolute Gasteiger partial charge is 0.327 e. The van der Waals surface area contributed by atoms with Gasteiger partial charge in [-0.2, -0.15) is 0 Å². The lowest BCUT2D eigenvalue weighted by atomic mass is 9.87. The van der Waals surface area contributed by atoms with Gasteiger partial charge >= 0.3 is 0 Å². The maximum Gasteiger partial charge on any atom is 0.295 e. The summed E-state index contributed by atoms with van der Waals surface area (Å²) < 4.78 is 0. The first kappa shape index (κ1) is 13.4. The van der Waals surface area contributed by atoms with Crippen molar-refractivity contribution < 1.29 is 4.92 Å². The van der Waals surface area contributed by atoms with Gasteiger partial charge in [-0.05, 0) is 30.9 Å². The summed E-state index contributed by atoms with van der Waals surface area (Å²) in [7, 11) is 0. The second-order valence-corrected chi connectivity index (χ2v) is 4.70. The zero-order valence-electron chi connectivity index (χ0n) is 11.0. The van der Waals surface area contributed by atoms with Gasteiger partial charge in [0.2, 0.25) is 0 Å². The quantitative estimate of drug-likeness (QED) is 0.676. The van der Waals surface area contributed by atoms with Crippen LogP contribution in [-0.2, 0) is 0 Å². The Bertz CT molecular complexity index is 611. The molecule has 1 aromatic carbocycles. The Balaban J connectivity index is 2.71. The summed E-state index contributed by atoms with van der Waals surface area (Å²) in [5.41, 5.74) is 7.52. The summed E-state index contributed by atoms with van der Waals surface area (Å²) in [4.78, 5) is 14.8. The number of hydrogen-bond acceptors (Lipinski definition) is 4. The number of nitro groups is 1. The van der Waals surface area contributed by atoms with E-state index in [1.807, 2.05) is 13.0 Å². The first-order chi connectivity index (χ1) is 9.06. The van der Waals surface area contributed by atoms with Crippen LogP contribution in [0.25, 0.3) is 10.9 Å². The monoisotopic (exact) mass is 259 g/mol. The molecule has 19 heavy (non-hydrogen) atoms. The normalized spacial score (nSPS) is 14.3. The molecule has 0 aliphatic carbocycles. The fourth-order valence-corrected chi connectivity index (χ4v) is 2.53. The van der Waals surface area contributed by atoms with Gasteiger partial charge < -0.3 is 5.73 Å². The molecule has 0 aliphatic rings. The molecule has 0 radical (unpaired) electrons. The molecule has 1 aromatic heterocycles. The van der Waals surface area contributed by atoms with Gasteiger partial charge in [-0.3, -0.25) is 10.1 Å². The third kappa shape index (κ3) is 2.42. The number of nitrogens with two attached hydrogens (primary N) is 1. The summed E-state index contributed by atoms with van der Waals surface area (Å²) in [6.07, 6.45) is 2.46. The molecule has 0 spiro atoms. The second-order valence-electron chi connectivity index (χ2n) is 4.70. The number of nitro benzene ring substituents is 1. The van der Waals surface area contributed by atoms with E-state index in [1.165, 1.54) is 6.07 Å². The van der Waals surface area contributed by atoms with E-state index in [-0.39, 0.29) is 17.6 Å². The second kappa shape index (κ2) is 5.32. The number of fused-ring (bicyclic) bond motifs is 1. The predicted octanol–water partition coefficient (Wildman–Crippen LogP) is 2.98.